The second kappa shape index (κ2) is 10.1. The molecule has 0 saturated heterocycles. The number of nitrogens with zero attached hydrogens (tertiary/aromatic N) is 4. The van der Waals surface area contributed by atoms with Crippen molar-refractivity contribution >= 4 is 29.2 Å². The average Bonchev–Trinajstić information content (AvgIpc) is 2.74. The lowest BCUT2D eigenvalue weighted by molar-refractivity contribution is -0.385. The summed E-state index contributed by atoms with van der Waals surface area (Å²) in [6, 6.07) is 6.48. The van der Waals surface area contributed by atoms with Crippen LogP contribution in [-0.2, 0) is 0 Å². The number of urea groups is 1. The van der Waals surface area contributed by atoms with E-state index < -0.39 is 4.92 Å². The molecule has 1 fully saturated rings. The van der Waals surface area contributed by atoms with Crippen molar-refractivity contribution in [3.05, 3.63) is 46.1 Å². The molecule has 31 heavy (non-hydrogen) atoms. The van der Waals surface area contributed by atoms with Crippen molar-refractivity contribution in [1.82, 2.24) is 15.3 Å². The minimum absolute atomic E-state index is 0.0104. The van der Waals surface area contributed by atoms with E-state index in [0.29, 0.717) is 35.7 Å². The molecule has 0 bridgehead atoms. The first-order valence-electron chi connectivity index (χ1n) is 10.4. The smallest absolute Gasteiger partial charge is 0.319 e. The van der Waals surface area contributed by atoms with Gasteiger partial charge in [-0.05, 0) is 50.7 Å². The van der Waals surface area contributed by atoms with E-state index in [2.05, 4.69) is 25.9 Å². The number of nitrogens with one attached hydrogen (secondary N) is 3. The van der Waals surface area contributed by atoms with Crippen molar-refractivity contribution in [2.45, 2.75) is 38.6 Å². The number of carbonyl (C=O) groups excluding carboxylic acids is 1. The molecule has 0 spiro atoms. The van der Waals surface area contributed by atoms with Crippen LogP contribution in [0.3, 0.4) is 0 Å². The molecule has 166 valence electrons. The summed E-state index contributed by atoms with van der Waals surface area (Å²) in [6.07, 6.45) is 5.69. The van der Waals surface area contributed by atoms with E-state index in [1.54, 1.807) is 25.3 Å². The highest BCUT2D eigenvalue weighted by Crippen LogP contribution is 2.27. The molecule has 1 aliphatic carbocycles. The monoisotopic (exact) mass is 427 g/mol. The zero-order chi connectivity index (χ0) is 22.4. The molecule has 3 rings (SSSR count). The van der Waals surface area contributed by atoms with Crippen molar-refractivity contribution < 1.29 is 9.72 Å². The maximum atomic E-state index is 12.3. The molecule has 1 aromatic heterocycles. The first-order valence-corrected chi connectivity index (χ1v) is 10.4. The highest BCUT2D eigenvalue weighted by Gasteiger charge is 2.22. The summed E-state index contributed by atoms with van der Waals surface area (Å²) in [5.74, 6) is 1.89. The summed E-state index contributed by atoms with van der Waals surface area (Å²) < 4.78 is 0. The molecular formula is C21H29N7O3. The highest BCUT2D eigenvalue weighted by molar-refractivity contribution is 5.90. The fourth-order valence-corrected chi connectivity index (χ4v) is 3.72. The highest BCUT2D eigenvalue weighted by atomic mass is 16.6. The van der Waals surface area contributed by atoms with Gasteiger partial charge in [-0.25, -0.2) is 9.78 Å². The normalized spacial score (nSPS) is 18.2. The van der Waals surface area contributed by atoms with Crippen LogP contribution in [-0.4, -0.2) is 47.6 Å². The maximum absolute atomic E-state index is 12.3. The second-order valence-electron chi connectivity index (χ2n) is 8.04. The van der Waals surface area contributed by atoms with E-state index >= 15 is 0 Å². The van der Waals surface area contributed by atoms with Crippen LogP contribution in [0.25, 0.3) is 0 Å². The largest absolute Gasteiger partial charge is 0.363 e. The van der Waals surface area contributed by atoms with Gasteiger partial charge in [0.05, 0.1) is 16.2 Å². The Bertz CT molecular complexity index is 927. The van der Waals surface area contributed by atoms with Crippen molar-refractivity contribution in [3.8, 4) is 0 Å². The number of amides is 2. The fourth-order valence-electron chi connectivity index (χ4n) is 3.72. The van der Waals surface area contributed by atoms with Crippen LogP contribution in [0.5, 0.6) is 0 Å². The SMILES string of the molecule is Cc1c(NC(=O)NC[C@H]2CC[C@@H](Nc3nccc(N(C)C)n3)CC2)cccc1[N+](=O)[O-]. The Balaban J connectivity index is 1.43. The Morgan fingerprint density at radius 3 is 2.65 bits per heavy atom. The molecule has 10 heteroatoms. The van der Waals surface area contributed by atoms with Crippen LogP contribution in [0.15, 0.2) is 30.5 Å². The molecule has 0 unspecified atom stereocenters. The number of aromatic nitrogens is 2. The van der Waals surface area contributed by atoms with E-state index in [4.69, 9.17) is 0 Å². The van der Waals surface area contributed by atoms with Gasteiger partial charge in [0.2, 0.25) is 5.95 Å². The van der Waals surface area contributed by atoms with Crippen LogP contribution in [0.2, 0.25) is 0 Å². The molecule has 3 N–H and O–H groups in total. The lowest BCUT2D eigenvalue weighted by Gasteiger charge is -2.29. The Hall–Kier alpha value is -3.43. The maximum Gasteiger partial charge on any atom is 0.319 e. The van der Waals surface area contributed by atoms with Crippen LogP contribution < -0.4 is 20.9 Å². The van der Waals surface area contributed by atoms with Gasteiger partial charge in [-0.1, -0.05) is 6.07 Å². The van der Waals surface area contributed by atoms with E-state index in [1.165, 1.54) is 6.07 Å². The summed E-state index contributed by atoms with van der Waals surface area (Å²) in [6.45, 7) is 2.19. The Kier molecular flexibility index (Phi) is 7.22. The van der Waals surface area contributed by atoms with Gasteiger partial charge in [0.25, 0.3) is 5.69 Å². The predicted molar refractivity (Wildman–Crippen MR) is 121 cm³/mol. The number of hydrogen-bond donors (Lipinski definition) is 3. The van der Waals surface area contributed by atoms with Gasteiger partial charge in [-0.2, -0.15) is 4.98 Å². The number of benzene rings is 1. The summed E-state index contributed by atoms with van der Waals surface area (Å²) in [5.41, 5.74) is 0.873. The topological polar surface area (TPSA) is 125 Å². The molecule has 0 radical (unpaired) electrons. The van der Waals surface area contributed by atoms with Gasteiger partial charge >= 0.3 is 6.03 Å². The van der Waals surface area contributed by atoms with Crippen LogP contribution >= 0.6 is 0 Å². The van der Waals surface area contributed by atoms with Crippen molar-refractivity contribution in [3.63, 3.8) is 0 Å². The Morgan fingerprint density at radius 1 is 1.23 bits per heavy atom. The summed E-state index contributed by atoms with van der Waals surface area (Å²) in [4.78, 5) is 33.6. The quantitative estimate of drug-likeness (QED) is 0.456. The molecule has 1 aromatic carbocycles. The molecule has 0 aliphatic heterocycles. The first kappa shape index (κ1) is 22.3. The van der Waals surface area contributed by atoms with Gasteiger partial charge < -0.3 is 20.9 Å². The molecule has 2 aromatic rings. The lowest BCUT2D eigenvalue weighted by atomic mass is 9.86. The number of nitro groups is 1. The van der Waals surface area contributed by atoms with E-state index in [-0.39, 0.29) is 11.7 Å². The fraction of sp³-hybridized carbons (Fsp3) is 0.476. The van der Waals surface area contributed by atoms with E-state index in [0.717, 1.165) is 31.5 Å². The number of anilines is 3. The van der Waals surface area contributed by atoms with Crippen molar-refractivity contribution in [1.29, 1.82) is 0 Å². The molecule has 0 atom stereocenters. The third-order valence-electron chi connectivity index (χ3n) is 5.58. The molecular weight excluding hydrogens is 398 g/mol. The standard InChI is InChI=1S/C21H29N7O3/c1-14-17(5-4-6-18(14)28(30)31)25-21(29)23-13-15-7-9-16(10-8-15)24-20-22-12-11-19(26-20)27(2)3/h4-6,11-12,15-16H,7-10,13H2,1-3H3,(H,22,24,26)(H2,23,25,29)/t15-,16+. The van der Waals surface area contributed by atoms with Crippen LogP contribution in [0.4, 0.5) is 27.9 Å². The number of carbonyl (C=O) groups is 1. The zero-order valence-electron chi connectivity index (χ0n) is 18.1. The van der Waals surface area contributed by atoms with Crippen molar-refractivity contribution in [2.24, 2.45) is 5.92 Å². The van der Waals surface area contributed by atoms with Crippen LogP contribution in [0.1, 0.15) is 31.2 Å². The average molecular weight is 428 g/mol. The van der Waals surface area contributed by atoms with Crippen LogP contribution in [0, 0.1) is 23.0 Å². The molecule has 1 saturated carbocycles. The third kappa shape index (κ3) is 6.03. The summed E-state index contributed by atoms with van der Waals surface area (Å²) in [7, 11) is 3.89. The Morgan fingerprint density at radius 2 is 1.97 bits per heavy atom. The molecule has 1 heterocycles. The summed E-state index contributed by atoms with van der Waals surface area (Å²) in [5, 5.41) is 20.1. The molecule has 1 aliphatic rings. The predicted octanol–water partition coefficient (Wildman–Crippen LogP) is 3.55. The molecule has 2 amide bonds. The van der Waals surface area contributed by atoms with E-state index in [1.807, 2.05) is 25.1 Å². The van der Waals surface area contributed by atoms with Crippen molar-refractivity contribution in [2.75, 3.05) is 36.2 Å². The van der Waals surface area contributed by atoms with E-state index in [9.17, 15) is 14.9 Å². The lowest BCUT2D eigenvalue weighted by Crippen LogP contribution is -2.36. The number of nitro benzene ring substituents is 1. The van der Waals surface area contributed by atoms with Gasteiger partial charge in [0.1, 0.15) is 5.82 Å². The number of hydrogen-bond acceptors (Lipinski definition) is 7. The zero-order valence-corrected chi connectivity index (χ0v) is 18.1. The minimum Gasteiger partial charge on any atom is -0.363 e. The summed E-state index contributed by atoms with van der Waals surface area (Å²) >= 11 is 0. The van der Waals surface area contributed by atoms with Gasteiger partial charge in [-0.15, -0.1) is 0 Å². The third-order valence-corrected chi connectivity index (χ3v) is 5.58. The Labute approximate surface area is 181 Å². The van der Waals surface area contributed by atoms with Gasteiger partial charge in [-0.3, -0.25) is 10.1 Å². The molecule has 10 nitrogen and oxygen atoms in total. The minimum atomic E-state index is -0.452. The second-order valence-corrected chi connectivity index (χ2v) is 8.04. The van der Waals surface area contributed by atoms with Gasteiger partial charge in [0.15, 0.2) is 0 Å². The number of rotatable bonds is 7. The first-order chi connectivity index (χ1) is 14.8. The van der Waals surface area contributed by atoms with Gasteiger partial charge in [0, 0.05) is 38.9 Å².